The number of rotatable bonds is 8. The van der Waals surface area contributed by atoms with Gasteiger partial charge in [-0.15, -0.1) is 11.3 Å². The molecule has 4 rings (SSSR count). The summed E-state index contributed by atoms with van der Waals surface area (Å²) in [5.41, 5.74) is 5.35. The van der Waals surface area contributed by atoms with Gasteiger partial charge >= 0.3 is 0 Å². The van der Waals surface area contributed by atoms with E-state index in [0.717, 1.165) is 22.0 Å². The van der Waals surface area contributed by atoms with Crippen molar-refractivity contribution in [3.8, 4) is 0 Å². The van der Waals surface area contributed by atoms with E-state index in [4.69, 9.17) is 4.84 Å². The number of hydroxylamine groups is 1. The van der Waals surface area contributed by atoms with Crippen molar-refractivity contribution in [2.75, 3.05) is 0 Å². The van der Waals surface area contributed by atoms with Crippen LogP contribution in [0.5, 0.6) is 0 Å². The lowest BCUT2D eigenvalue weighted by Gasteiger charge is -2.18. The van der Waals surface area contributed by atoms with Crippen molar-refractivity contribution in [2.24, 2.45) is 0 Å². The highest BCUT2D eigenvalue weighted by atomic mass is 32.1. The number of hydrogen-bond donors (Lipinski definition) is 3. The van der Waals surface area contributed by atoms with Crippen LogP contribution in [0.15, 0.2) is 78.3 Å². The number of thiophene rings is 1. The van der Waals surface area contributed by atoms with Crippen molar-refractivity contribution in [1.29, 1.82) is 0 Å². The number of H-pyrrole nitrogens is 1. The van der Waals surface area contributed by atoms with Gasteiger partial charge in [0.25, 0.3) is 11.8 Å². The molecule has 4 aromatic rings. The fraction of sp³-hybridized carbons (Fsp3) is 0.130. The smallest absolute Gasteiger partial charge is 0.266 e. The number of nitrogens with one attached hydrogen (secondary N) is 3. The maximum absolute atomic E-state index is 12.8. The number of aromatic nitrogens is 1. The molecule has 0 saturated carbocycles. The minimum atomic E-state index is -0.783. The van der Waals surface area contributed by atoms with E-state index in [-0.39, 0.29) is 12.5 Å². The van der Waals surface area contributed by atoms with E-state index in [1.165, 1.54) is 11.3 Å². The second kappa shape index (κ2) is 9.39. The molecular weight excluding hydrogens is 398 g/mol. The Morgan fingerprint density at radius 1 is 1.00 bits per heavy atom. The molecule has 6 nitrogen and oxygen atoms in total. The first-order valence-corrected chi connectivity index (χ1v) is 10.4. The van der Waals surface area contributed by atoms with Crippen LogP contribution in [-0.2, 0) is 22.7 Å². The minimum Gasteiger partial charge on any atom is -0.361 e. The average Bonchev–Trinajstić information content (AvgIpc) is 3.45. The molecule has 0 spiro atoms. The van der Waals surface area contributed by atoms with Gasteiger partial charge < -0.3 is 10.3 Å². The quantitative estimate of drug-likeness (QED) is 0.380. The lowest BCUT2D eigenvalue weighted by Crippen LogP contribution is -2.47. The summed E-state index contributed by atoms with van der Waals surface area (Å²) in [6.45, 7) is 0.241. The maximum atomic E-state index is 12.8. The molecule has 1 unspecified atom stereocenters. The summed E-state index contributed by atoms with van der Waals surface area (Å²) in [5, 5.41) is 5.68. The zero-order valence-electron chi connectivity index (χ0n) is 16.1. The third-order valence-corrected chi connectivity index (χ3v) is 5.59. The predicted molar refractivity (Wildman–Crippen MR) is 117 cm³/mol. The van der Waals surface area contributed by atoms with E-state index in [1.807, 2.05) is 66.2 Å². The Morgan fingerprint density at radius 3 is 2.60 bits per heavy atom. The van der Waals surface area contributed by atoms with Gasteiger partial charge in [-0.3, -0.25) is 14.4 Å². The number of carbonyl (C=O) groups excluding carboxylic acids is 2. The van der Waals surface area contributed by atoms with E-state index in [0.29, 0.717) is 11.3 Å². The van der Waals surface area contributed by atoms with Gasteiger partial charge in [-0.25, -0.2) is 5.48 Å². The number of benzene rings is 2. The first kappa shape index (κ1) is 19.9. The van der Waals surface area contributed by atoms with Crippen LogP contribution >= 0.6 is 11.3 Å². The SMILES string of the molecule is O=C(NC(Cc1c[nH]c2ccccc12)C(=O)NOCc1ccccc1)c1cccs1. The molecule has 152 valence electrons. The Bertz CT molecular complexity index is 1120. The van der Waals surface area contributed by atoms with Crippen LogP contribution in [0.4, 0.5) is 0 Å². The molecule has 0 aliphatic rings. The summed E-state index contributed by atoms with van der Waals surface area (Å²) in [6, 6.07) is 20.2. The minimum absolute atomic E-state index is 0.241. The number of para-hydroxylation sites is 1. The molecule has 1 atom stereocenters. The highest BCUT2D eigenvalue weighted by molar-refractivity contribution is 7.12. The van der Waals surface area contributed by atoms with Crippen LogP contribution in [0.1, 0.15) is 20.8 Å². The normalized spacial score (nSPS) is 11.9. The monoisotopic (exact) mass is 419 g/mol. The molecule has 0 bridgehead atoms. The number of amides is 2. The van der Waals surface area contributed by atoms with Crippen molar-refractivity contribution in [3.63, 3.8) is 0 Å². The lowest BCUT2D eigenvalue weighted by atomic mass is 10.0. The molecule has 3 N–H and O–H groups in total. The Kier molecular flexibility index (Phi) is 6.22. The van der Waals surface area contributed by atoms with Gasteiger partial charge in [0.1, 0.15) is 6.04 Å². The average molecular weight is 420 g/mol. The Labute approximate surface area is 177 Å². The second-order valence-electron chi connectivity index (χ2n) is 6.81. The van der Waals surface area contributed by atoms with Gasteiger partial charge in [0.15, 0.2) is 0 Å². The van der Waals surface area contributed by atoms with E-state index in [1.54, 1.807) is 12.1 Å². The van der Waals surface area contributed by atoms with E-state index < -0.39 is 11.9 Å². The molecule has 0 aliphatic carbocycles. The first-order chi connectivity index (χ1) is 14.7. The number of aromatic amines is 1. The van der Waals surface area contributed by atoms with Crippen LogP contribution in [0.2, 0.25) is 0 Å². The van der Waals surface area contributed by atoms with Crippen molar-refractivity contribution < 1.29 is 14.4 Å². The summed E-state index contributed by atoms with van der Waals surface area (Å²) >= 11 is 1.33. The summed E-state index contributed by atoms with van der Waals surface area (Å²) in [7, 11) is 0. The standard InChI is InChI=1S/C23H21N3O3S/c27-22(26-29-15-16-7-2-1-3-8-16)20(25-23(28)21-11-6-12-30-21)13-17-14-24-19-10-5-4-9-18(17)19/h1-12,14,20,24H,13,15H2,(H,25,28)(H,26,27). The molecule has 2 aromatic carbocycles. The molecule has 0 saturated heterocycles. The number of fused-ring (bicyclic) bond motifs is 1. The van der Waals surface area contributed by atoms with Gasteiger partial charge in [0.05, 0.1) is 11.5 Å². The van der Waals surface area contributed by atoms with E-state index in [9.17, 15) is 9.59 Å². The molecule has 0 aliphatic heterocycles. The second-order valence-corrected chi connectivity index (χ2v) is 7.76. The Morgan fingerprint density at radius 2 is 1.80 bits per heavy atom. The molecule has 0 fully saturated rings. The van der Waals surface area contributed by atoms with Crippen molar-refractivity contribution in [1.82, 2.24) is 15.8 Å². The molecule has 0 radical (unpaired) electrons. The maximum Gasteiger partial charge on any atom is 0.266 e. The van der Waals surface area contributed by atoms with E-state index >= 15 is 0 Å². The summed E-state index contributed by atoms with van der Waals surface area (Å²) in [5.74, 6) is -0.686. The largest absolute Gasteiger partial charge is 0.361 e. The first-order valence-electron chi connectivity index (χ1n) is 9.55. The molecule has 30 heavy (non-hydrogen) atoms. The highest BCUT2D eigenvalue weighted by Crippen LogP contribution is 2.19. The van der Waals surface area contributed by atoms with Gasteiger partial charge in [-0.2, -0.15) is 0 Å². The van der Waals surface area contributed by atoms with Crippen LogP contribution in [-0.4, -0.2) is 22.8 Å². The van der Waals surface area contributed by atoms with E-state index in [2.05, 4.69) is 15.8 Å². The highest BCUT2D eigenvalue weighted by Gasteiger charge is 2.24. The fourth-order valence-corrected chi connectivity index (χ4v) is 3.83. The van der Waals surface area contributed by atoms with Gasteiger partial charge in [-0.1, -0.05) is 54.6 Å². The number of carbonyl (C=O) groups is 2. The molecule has 2 aromatic heterocycles. The third-order valence-electron chi connectivity index (χ3n) is 4.72. The topological polar surface area (TPSA) is 83.2 Å². The van der Waals surface area contributed by atoms with Crippen LogP contribution < -0.4 is 10.8 Å². The van der Waals surface area contributed by atoms with Gasteiger partial charge in [-0.05, 0) is 28.6 Å². The molecule has 2 heterocycles. The number of hydrogen-bond acceptors (Lipinski definition) is 4. The summed E-state index contributed by atoms with van der Waals surface area (Å²) in [4.78, 5) is 34.6. The van der Waals surface area contributed by atoms with Gasteiger partial charge in [0.2, 0.25) is 0 Å². The van der Waals surface area contributed by atoms with Crippen LogP contribution in [0.3, 0.4) is 0 Å². The van der Waals surface area contributed by atoms with Crippen LogP contribution in [0.25, 0.3) is 10.9 Å². The van der Waals surface area contributed by atoms with Gasteiger partial charge in [0, 0.05) is 23.5 Å². The summed E-state index contributed by atoms with van der Waals surface area (Å²) in [6.07, 6.45) is 2.20. The fourth-order valence-electron chi connectivity index (χ4n) is 3.20. The zero-order valence-corrected chi connectivity index (χ0v) is 16.9. The molecular formula is C23H21N3O3S. The third kappa shape index (κ3) is 4.76. The molecule has 7 heteroatoms. The summed E-state index contributed by atoms with van der Waals surface area (Å²) < 4.78 is 0. The van der Waals surface area contributed by atoms with Crippen molar-refractivity contribution >= 4 is 34.1 Å². The van der Waals surface area contributed by atoms with Crippen LogP contribution in [0, 0.1) is 0 Å². The Hall–Kier alpha value is -3.42. The van der Waals surface area contributed by atoms with Crippen molar-refractivity contribution in [2.45, 2.75) is 19.1 Å². The van der Waals surface area contributed by atoms with Crippen molar-refractivity contribution in [3.05, 3.63) is 94.3 Å². The lowest BCUT2D eigenvalue weighted by molar-refractivity contribution is -0.136. The Balaban J connectivity index is 1.47. The molecule has 2 amide bonds. The predicted octanol–water partition coefficient (Wildman–Crippen LogP) is 3.82. The zero-order chi connectivity index (χ0) is 20.8.